The van der Waals surface area contributed by atoms with Crippen molar-refractivity contribution in [2.45, 2.75) is 26.8 Å². The number of aryl methyl sites for hydroxylation is 2. The second-order valence-electron chi connectivity index (χ2n) is 5.66. The molecule has 0 radical (unpaired) electrons. The van der Waals surface area contributed by atoms with Gasteiger partial charge in [0.25, 0.3) is 0 Å². The Labute approximate surface area is 127 Å². The minimum atomic E-state index is 0.130. The van der Waals surface area contributed by atoms with Crippen LogP contribution in [0.3, 0.4) is 0 Å². The third-order valence-corrected chi connectivity index (χ3v) is 3.89. The van der Waals surface area contributed by atoms with Crippen LogP contribution in [-0.2, 0) is 0 Å². The van der Waals surface area contributed by atoms with Crippen molar-refractivity contribution >= 4 is 11.4 Å². The van der Waals surface area contributed by atoms with Gasteiger partial charge in [0.1, 0.15) is 5.75 Å². The first kappa shape index (κ1) is 15.4. The Kier molecular flexibility index (Phi) is 4.53. The van der Waals surface area contributed by atoms with Gasteiger partial charge in [-0.2, -0.15) is 0 Å². The molecule has 0 aliphatic rings. The fraction of sp³-hybridized carbons (Fsp3) is 0.333. The van der Waals surface area contributed by atoms with Crippen LogP contribution in [0.4, 0.5) is 11.4 Å². The molecule has 0 saturated carbocycles. The van der Waals surface area contributed by atoms with Gasteiger partial charge in [-0.15, -0.1) is 0 Å². The fourth-order valence-electron chi connectivity index (χ4n) is 2.56. The molecule has 2 aromatic rings. The van der Waals surface area contributed by atoms with Gasteiger partial charge in [0.05, 0.1) is 0 Å². The third kappa shape index (κ3) is 3.37. The number of phenolic OH excluding ortho intramolecular Hbond substituents is 1. The molecule has 0 fully saturated rings. The lowest BCUT2D eigenvalue weighted by atomic mass is 10.1. The molecule has 0 spiro atoms. The lowest BCUT2D eigenvalue weighted by Gasteiger charge is -2.22. The Morgan fingerprint density at radius 3 is 2.14 bits per heavy atom. The van der Waals surface area contributed by atoms with Gasteiger partial charge >= 0.3 is 0 Å². The summed E-state index contributed by atoms with van der Waals surface area (Å²) in [6.07, 6.45) is 0. The second kappa shape index (κ2) is 6.19. The predicted octanol–water partition coefficient (Wildman–Crippen LogP) is 4.06. The van der Waals surface area contributed by atoms with E-state index in [-0.39, 0.29) is 6.04 Å². The molecule has 0 aliphatic carbocycles. The molecule has 1 unspecified atom stereocenters. The minimum absolute atomic E-state index is 0.130. The van der Waals surface area contributed by atoms with Crippen LogP contribution in [0.25, 0.3) is 0 Å². The predicted molar refractivity (Wildman–Crippen MR) is 89.6 cm³/mol. The number of hydrogen-bond acceptors (Lipinski definition) is 3. The van der Waals surface area contributed by atoms with Gasteiger partial charge < -0.3 is 15.3 Å². The standard InChI is InChI=1S/C18H24N2O/c1-12-8-13(2)10-16(9-12)20(5)15-6-7-17(14(3)19-4)18(21)11-15/h6-11,14,19,21H,1-5H3. The molecule has 2 rings (SSSR count). The van der Waals surface area contributed by atoms with Gasteiger partial charge in [-0.3, -0.25) is 0 Å². The van der Waals surface area contributed by atoms with Crippen LogP contribution in [0.5, 0.6) is 5.75 Å². The van der Waals surface area contributed by atoms with Crippen molar-refractivity contribution in [1.82, 2.24) is 5.32 Å². The van der Waals surface area contributed by atoms with E-state index in [9.17, 15) is 5.11 Å². The maximum absolute atomic E-state index is 10.2. The number of hydrogen-bond donors (Lipinski definition) is 2. The Bertz CT molecular complexity index is 617. The highest BCUT2D eigenvalue weighted by atomic mass is 16.3. The van der Waals surface area contributed by atoms with Crippen molar-refractivity contribution in [2.24, 2.45) is 0 Å². The summed E-state index contributed by atoms with van der Waals surface area (Å²) in [6, 6.07) is 12.4. The van der Waals surface area contributed by atoms with Crippen molar-refractivity contribution in [3.05, 3.63) is 53.1 Å². The van der Waals surface area contributed by atoms with Crippen molar-refractivity contribution < 1.29 is 5.11 Å². The topological polar surface area (TPSA) is 35.5 Å². The van der Waals surface area contributed by atoms with Crippen molar-refractivity contribution in [3.8, 4) is 5.75 Å². The van der Waals surface area contributed by atoms with Gasteiger partial charge in [0.2, 0.25) is 0 Å². The van der Waals surface area contributed by atoms with Gasteiger partial charge in [-0.1, -0.05) is 12.1 Å². The van der Waals surface area contributed by atoms with E-state index in [1.165, 1.54) is 11.1 Å². The summed E-state index contributed by atoms with van der Waals surface area (Å²) in [5.74, 6) is 0.325. The summed E-state index contributed by atoms with van der Waals surface area (Å²) < 4.78 is 0. The van der Waals surface area contributed by atoms with Crippen LogP contribution in [0.2, 0.25) is 0 Å². The quantitative estimate of drug-likeness (QED) is 0.889. The van der Waals surface area contributed by atoms with Gasteiger partial charge in [0.15, 0.2) is 0 Å². The highest BCUT2D eigenvalue weighted by Crippen LogP contribution is 2.32. The first-order valence-electron chi connectivity index (χ1n) is 7.24. The number of rotatable bonds is 4. The molecule has 0 saturated heterocycles. The van der Waals surface area contributed by atoms with E-state index < -0.39 is 0 Å². The molecule has 21 heavy (non-hydrogen) atoms. The summed E-state index contributed by atoms with van der Waals surface area (Å²) in [6.45, 7) is 6.22. The lowest BCUT2D eigenvalue weighted by molar-refractivity contribution is 0.458. The monoisotopic (exact) mass is 284 g/mol. The molecule has 0 amide bonds. The summed E-state index contributed by atoms with van der Waals surface area (Å²) in [5, 5.41) is 13.4. The summed E-state index contributed by atoms with van der Waals surface area (Å²) in [7, 11) is 3.91. The molecule has 3 heteroatoms. The van der Waals surface area contributed by atoms with Crippen LogP contribution in [0, 0.1) is 13.8 Å². The number of aromatic hydroxyl groups is 1. The molecule has 0 aromatic heterocycles. The zero-order valence-electron chi connectivity index (χ0n) is 13.4. The third-order valence-electron chi connectivity index (χ3n) is 3.89. The average Bonchev–Trinajstić information content (AvgIpc) is 2.44. The van der Waals surface area contributed by atoms with Crippen molar-refractivity contribution in [1.29, 1.82) is 0 Å². The first-order valence-corrected chi connectivity index (χ1v) is 7.24. The smallest absolute Gasteiger partial charge is 0.122 e. The second-order valence-corrected chi connectivity index (χ2v) is 5.66. The van der Waals surface area contributed by atoms with E-state index in [1.807, 2.05) is 39.2 Å². The minimum Gasteiger partial charge on any atom is -0.508 e. The molecular weight excluding hydrogens is 260 g/mol. The zero-order chi connectivity index (χ0) is 15.6. The summed E-state index contributed by atoms with van der Waals surface area (Å²) in [4.78, 5) is 2.09. The maximum Gasteiger partial charge on any atom is 0.122 e. The Hall–Kier alpha value is -2.00. The molecule has 0 bridgehead atoms. The molecule has 2 aromatic carbocycles. The van der Waals surface area contributed by atoms with Crippen LogP contribution < -0.4 is 10.2 Å². The average molecular weight is 284 g/mol. The number of anilines is 2. The van der Waals surface area contributed by atoms with E-state index in [2.05, 4.69) is 42.3 Å². The highest BCUT2D eigenvalue weighted by molar-refractivity contribution is 5.66. The Morgan fingerprint density at radius 2 is 1.62 bits per heavy atom. The normalized spacial score (nSPS) is 12.2. The van der Waals surface area contributed by atoms with E-state index in [4.69, 9.17) is 0 Å². The van der Waals surface area contributed by atoms with E-state index in [1.54, 1.807) is 0 Å². The highest BCUT2D eigenvalue weighted by Gasteiger charge is 2.11. The maximum atomic E-state index is 10.2. The van der Waals surface area contributed by atoms with E-state index in [0.717, 1.165) is 16.9 Å². The van der Waals surface area contributed by atoms with Crippen molar-refractivity contribution in [2.75, 3.05) is 19.0 Å². The number of nitrogens with one attached hydrogen (secondary N) is 1. The molecule has 2 N–H and O–H groups in total. The van der Waals surface area contributed by atoms with E-state index in [0.29, 0.717) is 5.75 Å². The van der Waals surface area contributed by atoms with E-state index >= 15 is 0 Å². The number of phenols is 1. The van der Waals surface area contributed by atoms with Crippen LogP contribution >= 0.6 is 0 Å². The largest absolute Gasteiger partial charge is 0.508 e. The Balaban J connectivity index is 2.35. The molecule has 0 aliphatic heterocycles. The SMILES string of the molecule is CNC(C)c1ccc(N(C)c2cc(C)cc(C)c2)cc1O. The van der Waals surface area contributed by atoms with Crippen LogP contribution in [0.1, 0.15) is 29.7 Å². The van der Waals surface area contributed by atoms with Gasteiger partial charge in [-0.25, -0.2) is 0 Å². The summed E-state index contributed by atoms with van der Waals surface area (Å²) >= 11 is 0. The Morgan fingerprint density at radius 1 is 1.00 bits per heavy atom. The van der Waals surface area contributed by atoms with Gasteiger partial charge in [-0.05, 0) is 57.1 Å². The van der Waals surface area contributed by atoms with Gasteiger partial charge in [0, 0.05) is 36.1 Å². The lowest BCUT2D eigenvalue weighted by Crippen LogP contribution is -2.13. The number of nitrogens with zero attached hydrogens (tertiary/aromatic N) is 1. The molecule has 3 nitrogen and oxygen atoms in total. The van der Waals surface area contributed by atoms with Crippen LogP contribution in [0.15, 0.2) is 36.4 Å². The first-order chi connectivity index (χ1) is 9.92. The molecule has 0 heterocycles. The molecule has 1 atom stereocenters. The summed E-state index contributed by atoms with van der Waals surface area (Å²) in [5.41, 5.74) is 5.49. The fourth-order valence-corrected chi connectivity index (χ4v) is 2.56. The van der Waals surface area contributed by atoms with Crippen LogP contribution in [-0.4, -0.2) is 19.2 Å². The number of benzene rings is 2. The zero-order valence-corrected chi connectivity index (χ0v) is 13.4. The molecular formula is C18H24N2O. The molecule has 112 valence electrons. The van der Waals surface area contributed by atoms with Crippen molar-refractivity contribution in [3.63, 3.8) is 0 Å².